The zero-order chi connectivity index (χ0) is 18.9. The first-order valence-corrected chi connectivity index (χ1v) is 8.88. The van der Waals surface area contributed by atoms with Gasteiger partial charge in [-0.2, -0.15) is 0 Å². The van der Waals surface area contributed by atoms with Gasteiger partial charge in [0, 0.05) is 24.0 Å². The summed E-state index contributed by atoms with van der Waals surface area (Å²) in [6.45, 7) is 0. The monoisotopic (exact) mass is 375 g/mol. The van der Waals surface area contributed by atoms with Gasteiger partial charge in [-0.3, -0.25) is 14.4 Å². The Morgan fingerprint density at radius 2 is 1.31 bits per heavy atom. The fraction of sp³-hybridized carbons (Fsp3) is 0.167. The van der Waals surface area contributed by atoms with E-state index in [9.17, 15) is 18.8 Å². The molecule has 0 spiro atoms. The van der Waals surface area contributed by atoms with Gasteiger partial charge in [0.1, 0.15) is 5.82 Å². The van der Waals surface area contributed by atoms with Crippen molar-refractivity contribution in [1.29, 1.82) is 0 Å². The maximum absolute atomic E-state index is 12.8. The van der Waals surface area contributed by atoms with Gasteiger partial charge in [0.25, 0.3) is 5.91 Å². The molecule has 0 saturated carbocycles. The van der Waals surface area contributed by atoms with Crippen LogP contribution in [0.4, 0.5) is 15.8 Å². The lowest BCUT2D eigenvalue weighted by Crippen LogP contribution is -2.19. The van der Waals surface area contributed by atoms with Gasteiger partial charge in [-0.15, -0.1) is 11.8 Å². The van der Waals surface area contributed by atoms with Crippen molar-refractivity contribution in [2.24, 2.45) is 0 Å². The molecule has 0 unspecified atom stereocenters. The lowest BCUT2D eigenvalue weighted by Gasteiger charge is -2.07. The van der Waals surface area contributed by atoms with E-state index in [4.69, 9.17) is 0 Å². The van der Waals surface area contributed by atoms with Crippen molar-refractivity contribution in [2.75, 3.05) is 29.2 Å². The van der Waals surface area contributed by atoms with Crippen LogP contribution >= 0.6 is 11.8 Å². The molecule has 3 N–H and O–H groups in total. The zero-order valence-electron chi connectivity index (χ0n) is 14.0. The Balaban J connectivity index is 1.72. The Morgan fingerprint density at radius 3 is 1.77 bits per heavy atom. The third-order valence-electron chi connectivity index (χ3n) is 3.25. The molecule has 8 heteroatoms. The molecule has 0 heterocycles. The molecule has 0 atom stereocenters. The molecule has 0 aliphatic carbocycles. The lowest BCUT2D eigenvalue weighted by atomic mass is 10.2. The van der Waals surface area contributed by atoms with Crippen molar-refractivity contribution in [2.45, 2.75) is 0 Å². The van der Waals surface area contributed by atoms with Gasteiger partial charge >= 0.3 is 0 Å². The third-order valence-corrected chi connectivity index (χ3v) is 4.18. The molecule has 0 radical (unpaired) electrons. The molecule has 26 heavy (non-hydrogen) atoms. The first kappa shape index (κ1) is 19.5. The van der Waals surface area contributed by atoms with Gasteiger partial charge in [0.15, 0.2) is 0 Å². The summed E-state index contributed by atoms with van der Waals surface area (Å²) in [5.41, 5.74) is 1.56. The molecular weight excluding hydrogens is 357 g/mol. The minimum Gasteiger partial charge on any atom is -0.355 e. The second-order valence-corrected chi connectivity index (χ2v) is 6.24. The molecule has 3 amide bonds. The number of carbonyl (C=O) groups is 3. The normalized spacial score (nSPS) is 10.1. The molecule has 2 rings (SSSR count). The summed E-state index contributed by atoms with van der Waals surface area (Å²) < 4.78 is 12.8. The minimum absolute atomic E-state index is 0.0976. The standard InChI is InChI=1S/C18H18FN3O3S/c1-20-18(25)12-2-6-14(7-3-12)21-16(23)10-26-11-17(24)22-15-8-4-13(19)5-9-15/h2-9H,10-11H2,1H3,(H,20,25)(H,21,23)(H,22,24). The van der Waals surface area contributed by atoms with Crippen molar-refractivity contribution < 1.29 is 18.8 Å². The second kappa shape index (κ2) is 9.57. The smallest absolute Gasteiger partial charge is 0.251 e. The molecule has 0 fully saturated rings. The van der Waals surface area contributed by atoms with Gasteiger partial charge in [-0.25, -0.2) is 4.39 Å². The molecule has 6 nitrogen and oxygen atoms in total. The van der Waals surface area contributed by atoms with E-state index in [-0.39, 0.29) is 35.0 Å². The van der Waals surface area contributed by atoms with Gasteiger partial charge in [0.2, 0.25) is 11.8 Å². The lowest BCUT2D eigenvalue weighted by molar-refractivity contribution is -0.114. The summed E-state index contributed by atoms with van der Waals surface area (Å²) in [5.74, 6) is -0.904. The van der Waals surface area contributed by atoms with Crippen LogP contribution in [0.2, 0.25) is 0 Å². The highest BCUT2D eigenvalue weighted by Crippen LogP contribution is 2.12. The Hall–Kier alpha value is -2.87. The SMILES string of the molecule is CNC(=O)c1ccc(NC(=O)CSCC(=O)Nc2ccc(F)cc2)cc1. The summed E-state index contributed by atoms with van der Waals surface area (Å²) >= 11 is 1.16. The van der Waals surface area contributed by atoms with Crippen LogP contribution in [0.3, 0.4) is 0 Å². The number of thioether (sulfide) groups is 1. The van der Waals surface area contributed by atoms with Crippen LogP contribution in [-0.4, -0.2) is 36.3 Å². The molecular formula is C18H18FN3O3S. The fourth-order valence-corrected chi connectivity index (χ4v) is 2.63. The largest absolute Gasteiger partial charge is 0.355 e. The molecule has 2 aromatic rings. The molecule has 0 aliphatic heterocycles. The van der Waals surface area contributed by atoms with E-state index >= 15 is 0 Å². The molecule has 0 bridgehead atoms. The second-order valence-electron chi connectivity index (χ2n) is 5.25. The minimum atomic E-state index is -0.377. The van der Waals surface area contributed by atoms with Crippen molar-refractivity contribution >= 4 is 40.9 Å². The first-order valence-electron chi connectivity index (χ1n) is 7.73. The summed E-state index contributed by atoms with van der Waals surface area (Å²) in [4.78, 5) is 35.1. The van der Waals surface area contributed by atoms with Crippen LogP contribution in [0.25, 0.3) is 0 Å². The highest BCUT2D eigenvalue weighted by Gasteiger charge is 2.08. The average Bonchev–Trinajstić information content (AvgIpc) is 2.63. The summed E-state index contributed by atoms with van der Waals surface area (Å²) in [6, 6.07) is 11.9. The topological polar surface area (TPSA) is 87.3 Å². The van der Waals surface area contributed by atoms with Crippen LogP contribution in [0, 0.1) is 5.82 Å². The maximum atomic E-state index is 12.8. The predicted octanol–water partition coefficient (Wildman–Crippen LogP) is 2.50. The van der Waals surface area contributed by atoms with E-state index < -0.39 is 0 Å². The van der Waals surface area contributed by atoms with Crippen LogP contribution in [0.1, 0.15) is 10.4 Å². The average molecular weight is 375 g/mol. The van der Waals surface area contributed by atoms with Gasteiger partial charge in [-0.1, -0.05) is 0 Å². The van der Waals surface area contributed by atoms with Gasteiger partial charge in [-0.05, 0) is 48.5 Å². The molecule has 136 valence electrons. The number of benzene rings is 2. The summed E-state index contributed by atoms with van der Waals surface area (Å²) in [7, 11) is 1.54. The van der Waals surface area contributed by atoms with Crippen LogP contribution < -0.4 is 16.0 Å². The van der Waals surface area contributed by atoms with E-state index in [1.54, 1.807) is 31.3 Å². The van der Waals surface area contributed by atoms with E-state index in [0.717, 1.165) is 11.8 Å². The van der Waals surface area contributed by atoms with Crippen LogP contribution in [-0.2, 0) is 9.59 Å². The van der Waals surface area contributed by atoms with E-state index in [1.807, 2.05) is 0 Å². The Labute approximate surface area is 154 Å². The van der Waals surface area contributed by atoms with Gasteiger partial charge < -0.3 is 16.0 Å². The van der Waals surface area contributed by atoms with Crippen molar-refractivity contribution in [1.82, 2.24) is 5.32 Å². The van der Waals surface area contributed by atoms with E-state index in [2.05, 4.69) is 16.0 Å². The van der Waals surface area contributed by atoms with Gasteiger partial charge in [0.05, 0.1) is 11.5 Å². The quantitative estimate of drug-likeness (QED) is 0.694. The summed E-state index contributed by atoms with van der Waals surface area (Å²) in [6.07, 6.45) is 0. The Kier molecular flexibility index (Phi) is 7.16. The number of hydrogen-bond donors (Lipinski definition) is 3. The Bertz CT molecular complexity index is 779. The van der Waals surface area contributed by atoms with Crippen molar-refractivity contribution in [3.63, 3.8) is 0 Å². The molecule has 0 aromatic heterocycles. The number of hydrogen-bond acceptors (Lipinski definition) is 4. The predicted molar refractivity (Wildman–Crippen MR) is 101 cm³/mol. The first-order chi connectivity index (χ1) is 12.5. The maximum Gasteiger partial charge on any atom is 0.251 e. The summed E-state index contributed by atoms with van der Waals surface area (Å²) in [5, 5.41) is 7.82. The van der Waals surface area contributed by atoms with Crippen molar-refractivity contribution in [3.8, 4) is 0 Å². The highest BCUT2D eigenvalue weighted by atomic mass is 32.2. The molecule has 2 aromatic carbocycles. The van der Waals surface area contributed by atoms with Crippen LogP contribution in [0.5, 0.6) is 0 Å². The highest BCUT2D eigenvalue weighted by molar-refractivity contribution is 8.00. The fourth-order valence-electron chi connectivity index (χ4n) is 2.01. The van der Waals surface area contributed by atoms with Crippen molar-refractivity contribution in [3.05, 3.63) is 59.9 Å². The Morgan fingerprint density at radius 1 is 0.846 bits per heavy atom. The van der Waals surface area contributed by atoms with E-state index in [0.29, 0.717) is 16.9 Å². The number of carbonyl (C=O) groups excluding carboxylic acids is 3. The van der Waals surface area contributed by atoms with E-state index in [1.165, 1.54) is 24.3 Å². The molecule has 0 aliphatic rings. The number of halogens is 1. The van der Waals surface area contributed by atoms with Crippen LogP contribution in [0.15, 0.2) is 48.5 Å². The third kappa shape index (κ3) is 6.21. The number of anilines is 2. The number of amides is 3. The zero-order valence-corrected chi connectivity index (χ0v) is 14.9. The number of rotatable bonds is 7. The molecule has 0 saturated heterocycles. The number of nitrogens with one attached hydrogen (secondary N) is 3.